The molecule has 10 aromatic rings. The highest BCUT2D eigenvalue weighted by Crippen LogP contribution is 2.51. The first kappa shape index (κ1) is 28.2. The molecule has 1 heteroatoms. The maximum absolute atomic E-state index is 6.68. The molecule has 0 bridgehead atoms. The zero-order valence-corrected chi connectivity index (χ0v) is 27.7. The summed E-state index contributed by atoms with van der Waals surface area (Å²) in [5, 5.41) is 12.5. The van der Waals surface area contributed by atoms with Crippen LogP contribution in [0.25, 0.3) is 98.4 Å². The molecule has 1 nitrogen and oxygen atoms in total. The minimum Gasteiger partial charge on any atom is -0.456 e. The summed E-state index contributed by atoms with van der Waals surface area (Å²) < 4.78 is 6.68. The smallest absolute Gasteiger partial charge is 0.135 e. The van der Waals surface area contributed by atoms with Crippen LogP contribution in [-0.2, 0) is 0 Å². The average molecular weight is 647 g/mol. The predicted molar refractivity (Wildman–Crippen MR) is 216 cm³/mol. The van der Waals surface area contributed by atoms with Crippen LogP contribution in [0.5, 0.6) is 11.5 Å². The topological polar surface area (TPSA) is 9.23 Å². The monoisotopic (exact) mass is 646 g/mol. The molecule has 0 saturated carbocycles. The van der Waals surface area contributed by atoms with Gasteiger partial charge in [0, 0.05) is 10.9 Å². The molecule has 0 aromatic heterocycles. The number of ether oxygens (including phenoxy) is 1. The van der Waals surface area contributed by atoms with E-state index in [0.29, 0.717) is 0 Å². The molecule has 0 amide bonds. The second kappa shape index (κ2) is 10.9. The fraction of sp³-hybridized carbons (Fsp3) is 0. The molecule has 0 fully saturated rings. The Hall–Kier alpha value is -6.70. The van der Waals surface area contributed by atoms with Crippen molar-refractivity contribution < 1.29 is 4.74 Å². The number of fused-ring (bicyclic) bond motifs is 7. The van der Waals surface area contributed by atoms with E-state index in [1.807, 2.05) is 0 Å². The Morgan fingerprint density at radius 2 is 0.902 bits per heavy atom. The summed E-state index contributed by atoms with van der Waals surface area (Å²) in [6.07, 6.45) is 0. The van der Waals surface area contributed by atoms with Gasteiger partial charge >= 0.3 is 0 Å². The maximum Gasteiger partial charge on any atom is 0.135 e. The van der Waals surface area contributed by atoms with Gasteiger partial charge in [-0.05, 0) is 112 Å². The SMILES string of the molecule is c1ccc(-c2ccc3c(c2)Oc2ccc(-c4ccc(-c5c6ccccc6cc6ccc7ccccc7c56)c5ccccc45)c4cccc-3c24)cc1. The number of rotatable bonds is 3. The van der Waals surface area contributed by atoms with E-state index < -0.39 is 0 Å². The van der Waals surface area contributed by atoms with Crippen LogP contribution < -0.4 is 4.74 Å². The molecule has 0 N–H and O–H groups in total. The maximum atomic E-state index is 6.68. The third-order valence-electron chi connectivity index (χ3n) is 10.8. The average Bonchev–Trinajstić information content (AvgIpc) is 3.20. The van der Waals surface area contributed by atoms with Crippen molar-refractivity contribution in [1.82, 2.24) is 0 Å². The van der Waals surface area contributed by atoms with Gasteiger partial charge in [-0.25, -0.2) is 0 Å². The van der Waals surface area contributed by atoms with Gasteiger partial charge in [0.15, 0.2) is 0 Å². The molecule has 0 saturated heterocycles. The van der Waals surface area contributed by atoms with Gasteiger partial charge in [0.2, 0.25) is 0 Å². The standard InChI is InChI=1S/C50H30O/c1-2-11-31(12-3-1)33-23-24-42-44-20-10-19-43-41(27-28-46(49(43)44)51-47(42)30-33)40-25-26-45(39-18-9-8-17-38(39)40)50-37-16-7-5-14-34(37)29-35-22-21-32-13-4-6-15-36(32)48(35)50/h1-30H. The van der Waals surface area contributed by atoms with Crippen LogP contribution in [0.2, 0.25) is 0 Å². The normalized spacial score (nSPS) is 12.1. The van der Waals surface area contributed by atoms with Crippen molar-refractivity contribution in [1.29, 1.82) is 0 Å². The second-order valence-electron chi connectivity index (χ2n) is 13.6. The second-order valence-corrected chi connectivity index (χ2v) is 13.6. The van der Waals surface area contributed by atoms with Crippen molar-refractivity contribution in [2.45, 2.75) is 0 Å². The van der Waals surface area contributed by atoms with Crippen LogP contribution in [0.3, 0.4) is 0 Å². The van der Waals surface area contributed by atoms with Gasteiger partial charge in [0.05, 0.1) is 0 Å². The highest BCUT2D eigenvalue weighted by molar-refractivity contribution is 6.25. The lowest BCUT2D eigenvalue weighted by atomic mass is 9.84. The summed E-state index contributed by atoms with van der Waals surface area (Å²) in [6, 6.07) is 66.2. The van der Waals surface area contributed by atoms with Crippen LogP contribution in [0, 0.1) is 0 Å². The van der Waals surface area contributed by atoms with Crippen LogP contribution in [0.4, 0.5) is 0 Å². The first-order valence-corrected chi connectivity index (χ1v) is 17.6. The predicted octanol–water partition coefficient (Wildman–Crippen LogP) is 14.2. The van der Waals surface area contributed by atoms with E-state index in [1.54, 1.807) is 0 Å². The van der Waals surface area contributed by atoms with E-state index in [9.17, 15) is 0 Å². The molecule has 1 aliphatic heterocycles. The molecule has 51 heavy (non-hydrogen) atoms. The molecular weight excluding hydrogens is 617 g/mol. The third kappa shape index (κ3) is 4.22. The van der Waals surface area contributed by atoms with Gasteiger partial charge in [-0.15, -0.1) is 0 Å². The summed E-state index contributed by atoms with van der Waals surface area (Å²) in [4.78, 5) is 0. The zero-order valence-electron chi connectivity index (χ0n) is 27.7. The quantitative estimate of drug-likeness (QED) is 0.137. The van der Waals surface area contributed by atoms with Gasteiger partial charge in [0.1, 0.15) is 11.5 Å². The van der Waals surface area contributed by atoms with Gasteiger partial charge in [0.25, 0.3) is 0 Å². The Morgan fingerprint density at radius 3 is 1.76 bits per heavy atom. The van der Waals surface area contributed by atoms with Crippen molar-refractivity contribution in [2.24, 2.45) is 0 Å². The Labute approximate surface area is 295 Å². The molecule has 0 aliphatic carbocycles. The van der Waals surface area contributed by atoms with E-state index in [1.165, 1.54) is 81.9 Å². The molecule has 236 valence electrons. The van der Waals surface area contributed by atoms with Gasteiger partial charge in [-0.1, -0.05) is 158 Å². The van der Waals surface area contributed by atoms with E-state index in [0.717, 1.165) is 28.0 Å². The van der Waals surface area contributed by atoms with Crippen LogP contribution in [0.1, 0.15) is 0 Å². The lowest BCUT2D eigenvalue weighted by molar-refractivity contribution is 0.487. The Morgan fingerprint density at radius 1 is 0.275 bits per heavy atom. The number of hydrogen-bond acceptors (Lipinski definition) is 1. The molecule has 1 heterocycles. The highest BCUT2D eigenvalue weighted by atomic mass is 16.5. The fourth-order valence-electron chi connectivity index (χ4n) is 8.55. The summed E-state index contributed by atoms with van der Waals surface area (Å²) >= 11 is 0. The summed E-state index contributed by atoms with van der Waals surface area (Å²) in [5.74, 6) is 1.80. The Balaban J connectivity index is 1.14. The first-order chi connectivity index (χ1) is 25.3. The molecule has 11 rings (SSSR count). The number of hydrogen-bond donors (Lipinski definition) is 0. The van der Waals surface area contributed by atoms with Gasteiger partial charge < -0.3 is 4.74 Å². The van der Waals surface area contributed by atoms with E-state index in [-0.39, 0.29) is 0 Å². The molecular formula is C50H30O. The number of benzene rings is 10. The van der Waals surface area contributed by atoms with Crippen molar-refractivity contribution in [3.8, 4) is 56.0 Å². The molecule has 0 spiro atoms. The first-order valence-electron chi connectivity index (χ1n) is 17.6. The zero-order chi connectivity index (χ0) is 33.5. The molecule has 1 aliphatic rings. The van der Waals surface area contributed by atoms with E-state index in [2.05, 4.69) is 182 Å². The van der Waals surface area contributed by atoms with Crippen LogP contribution >= 0.6 is 0 Å². The lowest BCUT2D eigenvalue weighted by Gasteiger charge is -2.24. The van der Waals surface area contributed by atoms with E-state index in [4.69, 9.17) is 4.74 Å². The van der Waals surface area contributed by atoms with Gasteiger partial charge in [-0.2, -0.15) is 0 Å². The minimum atomic E-state index is 0.897. The fourth-order valence-corrected chi connectivity index (χ4v) is 8.55. The summed E-state index contributed by atoms with van der Waals surface area (Å²) in [5.41, 5.74) is 9.64. The Kier molecular flexibility index (Phi) is 6.02. The minimum absolute atomic E-state index is 0.897. The van der Waals surface area contributed by atoms with Crippen molar-refractivity contribution in [3.05, 3.63) is 182 Å². The highest BCUT2D eigenvalue weighted by Gasteiger charge is 2.23. The van der Waals surface area contributed by atoms with Crippen molar-refractivity contribution in [3.63, 3.8) is 0 Å². The summed E-state index contributed by atoms with van der Waals surface area (Å²) in [7, 11) is 0. The van der Waals surface area contributed by atoms with Crippen LogP contribution in [0.15, 0.2) is 182 Å². The Bertz CT molecular complexity index is 3040. The molecule has 0 unspecified atom stereocenters. The largest absolute Gasteiger partial charge is 0.456 e. The van der Waals surface area contributed by atoms with Crippen molar-refractivity contribution >= 4 is 53.9 Å². The molecule has 0 radical (unpaired) electrons. The third-order valence-corrected chi connectivity index (χ3v) is 10.8. The summed E-state index contributed by atoms with van der Waals surface area (Å²) in [6.45, 7) is 0. The molecule has 10 aromatic carbocycles. The van der Waals surface area contributed by atoms with Gasteiger partial charge in [-0.3, -0.25) is 0 Å². The lowest BCUT2D eigenvalue weighted by Crippen LogP contribution is -1.98. The van der Waals surface area contributed by atoms with E-state index >= 15 is 0 Å². The van der Waals surface area contributed by atoms with Crippen LogP contribution in [-0.4, -0.2) is 0 Å². The van der Waals surface area contributed by atoms with Crippen molar-refractivity contribution in [2.75, 3.05) is 0 Å². The molecule has 0 atom stereocenters.